The van der Waals surface area contributed by atoms with Gasteiger partial charge in [0.25, 0.3) is 0 Å². The molecule has 0 aromatic heterocycles. The van der Waals surface area contributed by atoms with Gasteiger partial charge in [0.2, 0.25) is 5.91 Å². The number of hydrogen-bond donors (Lipinski definition) is 2. The Hall–Kier alpha value is -2.32. The molecular formula is C20H33N5O5. The van der Waals surface area contributed by atoms with Crippen LogP contribution in [-0.4, -0.2) is 134 Å². The molecule has 0 bridgehead atoms. The molecule has 1 rings (SSSR count). The van der Waals surface area contributed by atoms with Crippen molar-refractivity contribution in [3.05, 3.63) is 0 Å². The van der Waals surface area contributed by atoms with Crippen LogP contribution in [0.2, 0.25) is 0 Å². The molecule has 0 aromatic carbocycles. The third-order valence-electron chi connectivity index (χ3n) is 4.91. The second-order valence-electron chi connectivity index (χ2n) is 7.18. The molecule has 30 heavy (non-hydrogen) atoms. The summed E-state index contributed by atoms with van der Waals surface area (Å²) in [6.45, 7) is 5.42. The molecule has 0 aromatic rings. The van der Waals surface area contributed by atoms with Gasteiger partial charge >= 0.3 is 5.97 Å². The molecule has 1 saturated heterocycles. The number of carboxylic acids is 1. The molecule has 0 spiro atoms. The predicted molar refractivity (Wildman–Crippen MR) is 112 cm³/mol. The Morgan fingerprint density at radius 1 is 0.833 bits per heavy atom. The van der Waals surface area contributed by atoms with E-state index in [4.69, 9.17) is 6.42 Å². The minimum Gasteiger partial charge on any atom is -0.480 e. The molecule has 1 fully saturated rings. The summed E-state index contributed by atoms with van der Waals surface area (Å²) in [4.78, 5) is 53.2. The smallest absolute Gasteiger partial charge is 0.317 e. The third-order valence-corrected chi connectivity index (χ3v) is 4.91. The molecule has 1 heterocycles. The number of rotatable bonds is 10. The van der Waals surface area contributed by atoms with E-state index in [1.807, 2.05) is 19.6 Å². The summed E-state index contributed by atoms with van der Waals surface area (Å²) in [6.07, 6.45) is 7.34. The first-order valence-electron chi connectivity index (χ1n) is 10.2. The fourth-order valence-electron chi connectivity index (χ4n) is 3.20. The Labute approximate surface area is 178 Å². The van der Waals surface area contributed by atoms with Gasteiger partial charge in [-0.05, 0) is 0 Å². The molecular weight excluding hydrogens is 390 g/mol. The number of carbonyl (C=O) groups excluding carboxylic acids is 3. The quantitative estimate of drug-likeness (QED) is 0.230. The summed E-state index contributed by atoms with van der Waals surface area (Å²) in [5.74, 6) is 1.42. The lowest BCUT2D eigenvalue weighted by atomic mass is 10.3. The van der Waals surface area contributed by atoms with E-state index in [9.17, 15) is 24.3 Å². The van der Waals surface area contributed by atoms with Gasteiger partial charge in [-0.25, -0.2) is 0 Å². The van der Waals surface area contributed by atoms with Gasteiger partial charge in [0.1, 0.15) is 12.6 Å². The van der Waals surface area contributed by atoms with Crippen molar-refractivity contribution in [1.82, 2.24) is 24.9 Å². The molecule has 0 aliphatic carbocycles. The van der Waals surface area contributed by atoms with Crippen molar-refractivity contribution in [2.24, 2.45) is 0 Å². The van der Waals surface area contributed by atoms with E-state index in [1.165, 1.54) is 0 Å². The van der Waals surface area contributed by atoms with Gasteiger partial charge < -0.3 is 20.0 Å². The van der Waals surface area contributed by atoms with Crippen molar-refractivity contribution < 1.29 is 24.3 Å². The number of terminal acetylenes is 1. The first-order chi connectivity index (χ1) is 14.5. The highest BCUT2D eigenvalue weighted by Gasteiger charge is 2.19. The number of carbonyl (C=O) groups is 4. The van der Waals surface area contributed by atoms with Gasteiger partial charge in [-0.2, -0.15) is 0 Å². The van der Waals surface area contributed by atoms with Crippen LogP contribution in [0.1, 0.15) is 6.42 Å². The molecule has 1 amide bonds. The maximum Gasteiger partial charge on any atom is 0.317 e. The fraction of sp³-hybridized carbons (Fsp3) is 0.700. The average Bonchev–Trinajstić information content (AvgIpc) is 2.69. The second-order valence-corrected chi connectivity index (χ2v) is 7.18. The number of aliphatic carboxylic acids is 1. The normalized spacial score (nSPS) is 18.5. The van der Waals surface area contributed by atoms with Gasteiger partial charge in [0.15, 0.2) is 0 Å². The highest BCUT2D eigenvalue weighted by atomic mass is 16.4. The van der Waals surface area contributed by atoms with E-state index in [2.05, 4.69) is 11.2 Å². The van der Waals surface area contributed by atoms with E-state index in [-0.39, 0.29) is 32.1 Å². The monoisotopic (exact) mass is 423 g/mol. The minimum atomic E-state index is -0.917. The number of aldehydes is 2. The molecule has 168 valence electrons. The van der Waals surface area contributed by atoms with Crippen LogP contribution >= 0.6 is 0 Å². The average molecular weight is 424 g/mol. The Morgan fingerprint density at radius 2 is 1.27 bits per heavy atom. The fourth-order valence-corrected chi connectivity index (χ4v) is 3.20. The SMILES string of the molecule is C#CCCNC(=O)CN1CCN(CC=O)CCN(CC=O)CCN(CC(=O)O)CC1. The van der Waals surface area contributed by atoms with Gasteiger partial charge in [0.05, 0.1) is 26.2 Å². The molecule has 2 N–H and O–H groups in total. The topological polar surface area (TPSA) is 114 Å². The van der Waals surface area contributed by atoms with Crippen LogP contribution in [0, 0.1) is 12.3 Å². The van der Waals surface area contributed by atoms with Crippen molar-refractivity contribution in [2.45, 2.75) is 6.42 Å². The first kappa shape index (κ1) is 25.7. The Balaban J connectivity index is 2.82. The van der Waals surface area contributed by atoms with E-state index < -0.39 is 5.97 Å². The zero-order chi connectivity index (χ0) is 22.2. The Kier molecular flexibility index (Phi) is 13.3. The van der Waals surface area contributed by atoms with Crippen molar-refractivity contribution in [3.8, 4) is 12.3 Å². The zero-order valence-electron chi connectivity index (χ0n) is 17.5. The molecule has 10 nitrogen and oxygen atoms in total. The zero-order valence-corrected chi connectivity index (χ0v) is 17.5. The lowest BCUT2D eigenvalue weighted by Gasteiger charge is -2.32. The van der Waals surface area contributed by atoms with E-state index in [0.717, 1.165) is 12.6 Å². The summed E-state index contributed by atoms with van der Waals surface area (Å²) < 4.78 is 0. The van der Waals surface area contributed by atoms with Gasteiger partial charge in [0, 0.05) is 65.3 Å². The van der Waals surface area contributed by atoms with Crippen molar-refractivity contribution in [1.29, 1.82) is 0 Å². The summed E-state index contributed by atoms with van der Waals surface area (Å²) >= 11 is 0. The summed E-state index contributed by atoms with van der Waals surface area (Å²) in [5.41, 5.74) is 0. The van der Waals surface area contributed by atoms with Crippen molar-refractivity contribution >= 4 is 24.4 Å². The molecule has 0 atom stereocenters. The Morgan fingerprint density at radius 3 is 1.67 bits per heavy atom. The molecule has 1 aliphatic heterocycles. The summed E-state index contributed by atoms with van der Waals surface area (Å²) in [7, 11) is 0. The molecule has 0 saturated carbocycles. The van der Waals surface area contributed by atoms with Crippen LogP contribution in [0.5, 0.6) is 0 Å². The maximum atomic E-state index is 12.2. The van der Waals surface area contributed by atoms with Crippen molar-refractivity contribution in [3.63, 3.8) is 0 Å². The number of hydrogen-bond acceptors (Lipinski definition) is 8. The lowest BCUT2D eigenvalue weighted by molar-refractivity contribution is -0.138. The minimum absolute atomic E-state index is 0.103. The standard InChI is InChI=1S/C20H33N5O5/c1-2-3-4-21-19(28)17-24-9-7-22(13-15-26)5-6-23(14-16-27)8-10-25(12-11-24)18-20(29)30/h1,15-16H,3-14,17-18H2,(H,21,28)(H,29,30). The number of nitrogens with zero attached hydrogens (tertiary/aromatic N) is 4. The second kappa shape index (κ2) is 15.5. The van der Waals surface area contributed by atoms with E-state index >= 15 is 0 Å². The predicted octanol–water partition coefficient (Wildman–Crippen LogP) is -2.17. The van der Waals surface area contributed by atoms with Crippen LogP contribution in [-0.2, 0) is 19.2 Å². The molecule has 10 heteroatoms. The van der Waals surface area contributed by atoms with Crippen LogP contribution in [0.25, 0.3) is 0 Å². The maximum absolute atomic E-state index is 12.2. The van der Waals surface area contributed by atoms with E-state index in [0.29, 0.717) is 65.3 Å². The number of amides is 1. The number of carboxylic acid groups (broad SMARTS) is 1. The molecule has 0 radical (unpaired) electrons. The summed E-state index contributed by atoms with van der Waals surface area (Å²) in [6, 6.07) is 0. The van der Waals surface area contributed by atoms with Crippen LogP contribution in [0.4, 0.5) is 0 Å². The Bertz CT molecular complexity index is 595. The van der Waals surface area contributed by atoms with Gasteiger partial charge in [-0.15, -0.1) is 12.3 Å². The largest absolute Gasteiger partial charge is 0.480 e. The highest BCUT2D eigenvalue weighted by Crippen LogP contribution is 2.00. The van der Waals surface area contributed by atoms with Crippen molar-refractivity contribution in [2.75, 3.05) is 85.1 Å². The van der Waals surface area contributed by atoms with Crippen LogP contribution < -0.4 is 5.32 Å². The molecule has 1 aliphatic rings. The van der Waals surface area contributed by atoms with Gasteiger partial charge in [-0.3, -0.25) is 29.2 Å². The lowest BCUT2D eigenvalue weighted by Crippen LogP contribution is -2.49. The van der Waals surface area contributed by atoms with Gasteiger partial charge in [-0.1, -0.05) is 0 Å². The van der Waals surface area contributed by atoms with E-state index in [1.54, 1.807) is 0 Å². The third kappa shape index (κ3) is 11.6. The number of nitrogens with one attached hydrogen (secondary N) is 1. The van der Waals surface area contributed by atoms with Crippen LogP contribution in [0.3, 0.4) is 0 Å². The summed E-state index contributed by atoms with van der Waals surface area (Å²) in [5, 5.41) is 12.0. The molecule has 0 unspecified atom stereocenters. The highest BCUT2D eigenvalue weighted by molar-refractivity contribution is 5.78. The van der Waals surface area contributed by atoms with Crippen LogP contribution in [0.15, 0.2) is 0 Å². The first-order valence-corrected chi connectivity index (χ1v) is 10.2.